The minimum absolute atomic E-state index is 0.358. The van der Waals surface area contributed by atoms with Crippen LogP contribution in [0.1, 0.15) is 31.2 Å². The van der Waals surface area contributed by atoms with Crippen molar-refractivity contribution in [2.45, 2.75) is 38.3 Å². The minimum Gasteiger partial charge on any atom is -0.383 e. The summed E-state index contributed by atoms with van der Waals surface area (Å²) in [6.45, 7) is 8.09. The van der Waals surface area contributed by atoms with Gasteiger partial charge in [-0.3, -0.25) is 4.90 Å². The van der Waals surface area contributed by atoms with Gasteiger partial charge in [-0.1, -0.05) is 12.1 Å². The standard InChI is InChI=1S/C21H32N4O3/c1-26-13-11-24-9-7-17(8-10-24)14-25(16-19-5-3-12-27-19)15-18-4-2-6-20-21(18)23-28-22-20/h2,4,6,17,19H,3,5,7-16H2,1H3. The van der Waals surface area contributed by atoms with Crippen LogP contribution in [0.15, 0.2) is 22.8 Å². The molecule has 1 aromatic heterocycles. The van der Waals surface area contributed by atoms with E-state index in [4.69, 9.17) is 14.1 Å². The van der Waals surface area contributed by atoms with E-state index in [1.807, 2.05) is 12.1 Å². The van der Waals surface area contributed by atoms with Crippen LogP contribution in [-0.2, 0) is 16.0 Å². The van der Waals surface area contributed by atoms with Crippen molar-refractivity contribution in [1.82, 2.24) is 20.1 Å². The second-order valence-corrected chi connectivity index (χ2v) is 8.16. The molecule has 7 heteroatoms. The molecule has 2 aliphatic rings. The van der Waals surface area contributed by atoms with Gasteiger partial charge in [0.2, 0.25) is 0 Å². The zero-order chi connectivity index (χ0) is 19.2. The van der Waals surface area contributed by atoms with Crippen molar-refractivity contribution in [3.8, 4) is 0 Å². The number of fused-ring (bicyclic) bond motifs is 1. The van der Waals surface area contributed by atoms with E-state index in [0.717, 1.165) is 56.3 Å². The maximum absolute atomic E-state index is 5.93. The van der Waals surface area contributed by atoms with Crippen molar-refractivity contribution < 1.29 is 14.1 Å². The van der Waals surface area contributed by atoms with Gasteiger partial charge in [-0.05, 0) is 66.6 Å². The van der Waals surface area contributed by atoms with E-state index in [-0.39, 0.29) is 0 Å². The second kappa shape index (κ2) is 9.78. The third-order valence-corrected chi connectivity index (χ3v) is 6.08. The Kier molecular flexibility index (Phi) is 6.90. The van der Waals surface area contributed by atoms with E-state index in [2.05, 4.69) is 26.2 Å². The van der Waals surface area contributed by atoms with Gasteiger partial charge in [0.15, 0.2) is 0 Å². The lowest BCUT2D eigenvalue weighted by Gasteiger charge is -2.35. The van der Waals surface area contributed by atoms with E-state index in [1.165, 1.54) is 44.3 Å². The zero-order valence-corrected chi connectivity index (χ0v) is 16.9. The van der Waals surface area contributed by atoms with E-state index in [9.17, 15) is 0 Å². The number of hydrogen-bond donors (Lipinski definition) is 0. The molecule has 0 N–H and O–H groups in total. The summed E-state index contributed by atoms with van der Waals surface area (Å²) in [6, 6.07) is 6.14. The maximum Gasteiger partial charge on any atom is 0.139 e. The molecular weight excluding hydrogens is 356 g/mol. The second-order valence-electron chi connectivity index (χ2n) is 8.16. The Balaban J connectivity index is 1.38. The van der Waals surface area contributed by atoms with E-state index >= 15 is 0 Å². The van der Waals surface area contributed by atoms with Crippen molar-refractivity contribution in [3.05, 3.63) is 23.8 Å². The fraction of sp³-hybridized carbons (Fsp3) is 0.714. The smallest absolute Gasteiger partial charge is 0.139 e. The molecular formula is C21H32N4O3. The van der Waals surface area contributed by atoms with Gasteiger partial charge in [0.05, 0.1) is 12.7 Å². The normalized spacial score (nSPS) is 21.9. The van der Waals surface area contributed by atoms with Gasteiger partial charge in [-0.15, -0.1) is 0 Å². The minimum atomic E-state index is 0.358. The van der Waals surface area contributed by atoms with Gasteiger partial charge in [-0.2, -0.15) is 0 Å². The molecule has 1 aromatic carbocycles. The molecule has 0 aliphatic carbocycles. The van der Waals surface area contributed by atoms with Gasteiger partial charge in [0.1, 0.15) is 11.0 Å². The first-order chi connectivity index (χ1) is 13.8. The Morgan fingerprint density at radius 1 is 1.18 bits per heavy atom. The van der Waals surface area contributed by atoms with Gasteiger partial charge < -0.3 is 14.4 Å². The molecule has 0 radical (unpaired) electrons. The number of nitrogens with zero attached hydrogens (tertiary/aromatic N) is 4. The summed E-state index contributed by atoms with van der Waals surface area (Å²) in [5, 5.41) is 8.12. The molecule has 2 fully saturated rings. The Bertz CT molecular complexity index is 723. The highest BCUT2D eigenvalue weighted by atomic mass is 16.6. The topological polar surface area (TPSA) is 63.9 Å². The molecule has 0 amide bonds. The average Bonchev–Trinajstić information content (AvgIpc) is 3.39. The molecule has 1 unspecified atom stereocenters. The molecule has 7 nitrogen and oxygen atoms in total. The first-order valence-corrected chi connectivity index (χ1v) is 10.6. The van der Waals surface area contributed by atoms with Crippen LogP contribution < -0.4 is 0 Å². The molecule has 0 bridgehead atoms. The third kappa shape index (κ3) is 5.08. The zero-order valence-electron chi connectivity index (χ0n) is 16.9. The number of methoxy groups -OCH3 is 1. The largest absolute Gasteiger partial charge is 0.383 e. The Morgan fingerprint density at radius 3 is 2.86 bits per heavy atom. The molecule has 28 heavy (non-hydrogen) atoms. The van der Waals surface area contributed by atoms with Gasteiger partial charge in [0.25, 0.3) is 0 Å². The molecule has 0 spiro atoms. The Labute approximate surface area is 166 Å². The van der Waals surface area contributed by atoms with Crippen molar-refractivity contribution in [2.75, 3.05) is 53.0 Å². The Morgan fingerprint density at radius 2 is 2.07 bits per heavy atom. The summed E-state index contributed by atoms with van der Waals surface area (Å²) in [7, 11) is 1.78. The number of hydrogen-bond acceptors (Lipinski definition) is 7. The molecule has 2 aromatic rings. The number of aromatic nitrogens is 2. The van der Waals surface area contributed by atoms with Crippen molar-refractivity contribution in [1.29, 1.82) is 0 Å². The summed E-state index contributed by atoms with van der Waals surface area (Å²) < 4.78 is 16.1. The predicted octanol–water partition coefficient (Wildman–Crippen LogP) is 2.56. The number of rotatable bonds is 9. The number of likely N-dealkylation sites (tertiary alicyclic amines) is 1. The molecule has 154 valence electrons. The summed E-state index contributed by atoms with van der Waals surface area (Å²) in [4.78, 5) is 5.08. The average molecular weight is 389 g/mol. The molecule has 3 heterocycles. The first-order valence-electron chi connectivity index (χ1n) is 10.6. The van der Waals surface area contributed by atoms with Crippen LogP contribution in [0.2, 0.25) is 0 Å². The summed E-state index contributed by atoms with van der Waals surface area (Å²) in [5.74, 6) is 0.731. The van der Waals surface area contributed by atoms with E-state index in [0.29, 0.717) is 6.10 Å². The molecule has 2 saturated heterocycles. The number of piperidine rings is 1. The van der Waals surface area contributed by atoms with Crippen LogP contribution in [0.5, 0.6) is 0 Å². The number of ether oxygens (including phenoxy) is 2. The highest BCUT2D eigenvalue weighted by Crippen LogP contribution is 2.23. The van der Waals surface area contributed by atoms with E-state index in [1.54, 1.807) is 7.11 Å². The highest BCUT2D eigenvalue weighted by Gasteiger charge is 2.25. The lowest BCUT2D eigenvalue weighted by Crippen LogP contribution is -2.41. The van der Waals surface area contributed by atoms with Gasteiger partial charge >= 0.3 is 0 Å². The molecule has 1 atom stereocenters. The van der Waals surface area contributed by atoms with Crippen LogP contribution in [0.4, 0.5) is 0 Å². The summed E-state index contributed by atoms with van der Waals surface area (Å²) in [5.41, 5.74) is 2.91. The summed E-state index contributed by atoms with van der Waals surface area (Å²) in [6.07, 6.45) is 5.21. The number of benzene rings is 1. The maximum atomic E-state index is 5.93. The lowest BCUT2D eigenvalue weighted by atomic mass is 9.95. The summed E-state index contributed by atoms with van der Waals surface area (Å²) >= 11 is 0. The lowest BCUT2D eigenvalue weighted by molar-refractivity contribution is 0.0553. The van der Waals surface area contributed by atoms with Crippen LogP contribution >= 0.6 is 0 Å². The molecule has 2 aliphatic heterocycles. The monoisotopic (exact) mass is 388 g/mol. The Hall–Kier alpha value is -1.54. The van der Waals surface area contributed by atoms with Crippen molar-refractivity contribution >= 4 is 11.0 Å². The molecule has 0 saturated carbocycles. The van der Waals surface area contributed by atoms with Crippen molar-refractivity contribution in [2.24, 2.45) is 5.92 Å². The van der Waals surface area contributed by atoms with Crippen LogP contribution in [0, 0.1) is 5.92 Å². The fourth-order valence-electron chi connectivity index (χ4n) is 4.49. The van der Waals surface area contributed by atoms with E-state index < -0.39 is 0 Å². The third-order valence-electron chi connectivity index (χ3n) is 6.08. The fourth-order valence-corrected chi connectivity index (χ4v) is 4.49. The quantitative estimate of drug-likeness (QED) is 0.654. The van der Waals surface area contributed by atoms with Crippen molar-refractivity contribution in [3.63, 3.8) is 0 Å². The first kappa shape index (κ1) is 19.8. The highest BCUT2D eigenvalue weighted by molar-refractivity contribution is 5.76. The van der Waals surface area contributed by atoms with Crippen LogP contribution in [0.3, 0.4) is 0 Å². The predicted molar refractivity (Wildman–Crippen MR) is 107 cm³/mol. The SMILES string of the molecule is COCCN1CCC(CN(Cc2cccc3nonc23)CC2CCCO2)CC1. The van der Waals surface area contributed by atoms with Crippen LogP contribution in [0.25, 0.3) is 11.0 Å². The van der Waals surface area contributed by atoms with Gasteiger partial charge in [-0.25, -0.2) is 4.63 Å². The van der Waals surface area contributed by atoms with Gasteiger partial charge in [0, 0.05) is 39.9 Å². The van der Waals surface area contributed by atoms with Crippen LogP contribution in [-0.4, -0.2) is 79.3 Å². The molecule has 4 rings (SSSR count).